The van der Waals surface area contributed by atoms with Crippen LogP contribution >= 0.6 is 0 Å². The molecule has 11 nitrogen and oxygen atoms in total. The van der Waals surface area contributed by atoms with E-state index in [-0.39, 0.29) is 11.3 Å². The Labute approximate surface area is 191 Å². The van der Waals surface area contributed by atoms with Gasteiger partial charge in [-0.05, 0) is 36.4 Å². The quantitative estimate of drug-likeness (QED) is 0.471. The highest BCUT2D eigenvalue weighted by Crippen LogP contribution is 2.15. The van der Waals surface area contributed by atoms with E-state index in [1.807, 2.05) is 17.0 Å². The lowest BCUT2D eigenvalue weighted by atomic mass is 10.2. The maximum Gasteiger partial charge on any atom is 0.333 e. The molecule has 1 aromatic carbocycles. The molecule has 1 saturated heterocycles. The number of nitrogens with one attached hydrogen (secondary N) is 1. The number of rotatable bonds is 4. The van der Waals surface area contributed by atoms with Gasteiger partial charge in [-0.2, -0.15) is 0 Å². The molecule has 1 N–H and O–H groups in total. The normalized spacial score (nSPS) is 13.8. The number of hydrogen-bond donors (Lipinski definition) is 1. The summed E-state index contributed by atoms with van der Waals surface area (Å²) in [4.78, 5) is 48.2. The molecule has 1 fully saturated rings. The van der Waals surface area contributed by atoms with Crippen LogP contribution in [-0.4, -0.2) is 66.3 Å². The fourth-order valence-corrected chi connectivity index (χ4v) is 3.78. The third-order valence-corrected chi connectivity index (χ3v) is 5.59. The zero-order valence-electron chi connectivity index (χ0n) is 17.8. The number of anilines is 1. The largest absolute Gasteiger partial charge is 0.352 e. The third kappa shape index (κ3) is 3.96. The highest BCUT2D eigenvalue weighted by atomic mass is 19.1. The first-order chi connectivity index (χ1) is 16.5. The van der Waals surface area contributed by atoms with Crippen LogP contribution in [0.25, 0.3) is 11.5 Å². The van der Waals surface area contributed by atoms with Crippen LogP contribution < -0.4 is 16.1 Å². The Morgan fingerprint density at radius 3 is 2.29 bits per heavy atom. The molecule has 0 bridgehead atoms. The average molecular weight is 462 g/mol. The van der Waals surface area contributed by atoms with Crippen molar-refractivity contribution in [3.63, 3.8) is 0 Å². The maximum atomic E-state index is 13.2. The van der Waals surface area contributed by atoms with Gasteiger partial charge in [0.2, 0.25) is 0 Å². The summed E-state index contributed by atoms with van der Waals surface area (Å²) in [5.74, 6) is 0.335. The van der Waals surface area contributed by atoms with Crippen molar-refractivity contribution in [1.29, 1.82) is 0 Å². The standard InChI is InChI=1S/C22H19FN8O3/c23-15-1-3-16(4-2-15)31-21(33)17(13-25-22(31)34)20(32)29-11-9-28(10-12-29)18-5-6-19(27-26-18)30-8-7-24-14-30/h1-8,13-14H,9-12H2,(H,25,34). The Hall–Kier alpha value is -4.61. The van der Waals surface area contributed by atoms with Crippen LogP contribution in [0.4, 0.5) is 10.2 Å². The van der Waals surface area contributed by atoms with Crippen molar-refractivity contribution < 1.29 is 9.18 Å². The summed E-state index contributed by atoms with van der Waals surface area (Å²) < 4.78 is 15.8. The Balaban J connectivity index is 1.31. The van der Waals surface area contributed by atoms with Gasteiger partial charge in [-0.25, -0.2) is 18.7 Å². The fraction of sp³-hybridized carbons (Fsp3) is 0.182. The number of benzene rings is 1. The fourth-order valence-electron chi connectivity index (χ4n) is 3.78. The van der Waals surface area contributed by atoms with E-state index in [9.17, 15) is 18.8 Å². The molecule has 12 heteroatoms. The molecule has 0 aliphatic carbocycles. The molecular formula is C22H19FN8O3. The molecule has 1 aliphatic heterocycles. The van der Waals surface area contributed by atoms with Gasteiger partial charge >= 0.3 is 5.69 Å². The van der Waals surface area contributed by atoms with E-state index in [0.717, 1.165) is 22.9 Å². The monoisotopic (exact) mass is 462 g/mol. The number of hydrogen-bond acceptors (Lipinski definition) is 7. The van der Waals surface area contributed by atoms with Gasteiger partial charge in [0.25, 0.3) is 11.5 Å². The van der Waals surface area contributed by atoms with Crippen LogP contribution in [-0.2, 0) is 0 Å². The minimum atomic E-state index is -0.760. The van der Waals surface area contributed by atoms with Crippen molar-refractivity contribution in [2.24, 2.45) is 0 Å². The molecule has 0 saturated carbocycles. The molecule has 3 aromatic heterocycles. The van der Waals surface area contributed by atoms with Crippen molar-refractivity contribution in [1.82, 2.24) is 34.2 Å². The van der Waals surface area contributed by atoms with E-state index in [2.05, 4.69) is 20.2 Å². The van der Waals surface area contributed by atoms with Gasteiger partial charge in [0.15, 0.2) is 11.6 Å². The maximum absolute atomic E-state index is 13.2. The molecule has 4 aromatic rings. The summed E-state index contributed by atoms with van der Waals surface area (Å²) in [6, 6.07) is 8.57. The van der Waals surface area contributed by atoms with Crippen molar-refractivity contribution in [3.8, 4) is 11.5 Å². The van der Waals surface area contributed by atoms with Crippen LogP contribution in [0.1, 0.15) is 10.4 Å². The van der Waals surface area contributed by atoms with Crippen LogP contribution in [0.2, 0.25) is 0 Å². The lowest BCUT2D eigenvalue weighted by Gasteiger charge is -2.35. The first-order valence-corrected chi connectivity index (χ1v) is 10.5. The van der Waals surface area contributed by atoms with Crippen molar-refractivity contribution >= 4 is 11.7 Å². The van der Waals surface area contributed by atoms with E-state index in [1.54, 1.807) is 28.2 Å². The molecule has 0 unspecified atom stereocenters. The average Bonchev–Trinajstić information content (AvgIpc) is 3.40. The zero-order chi connectivity index (χ0) is 23.7. The van der Waals surface area contributed by atoms with Gasteiger partial charge in [-0.1, -0.05) is 0 Å². The number of imidazole rings is 1. The molecular weight excluding hydrogens is 443 g/mol. The highest BCUT2D eigenvalue weighted by molar-refractivity contribution is 5.93. The Bertz CT molecular complexity index is 1420. The van der Waals surface area contributed by atoms with Crippen molar-refractivity contribution in [2.75, 3.05) is 31.1 Å². The van der Waals surface area contributed by atoms with Gasteiger partial charge in [-0.15, -0.1) is 10.2 Å². The predicted octanol–water partition coefficient (Wildman–Crippen LogP) is 0.603. The Morgan fingerprint density at radius 1 is 0.941 bits per heavy atom. The minimum Gasteiger partial charge on any atom is -0.352 e. The predicted molar refractivity (Wildman–Crippen MR) is 120 cm³/mol. The van der Waals surface area contributed by atoms with E-state index in [4.69, 9.17) is 0 Å². The van der Waals surface area contributed by atoms with E-state index in [1.165, 1.54) is 12.1 Å². The highest BCUT2D eigenvalue weighted by Gasteiger charge is 2.26. The lowest BCUT2D eigenvalue weighted by Crippen LogP contribution is -2.50. The summed E-state index contributed by atoms with van der Waals surface area (Å²) in [6.45, 7) is 1.72. The Kier molecular flexibility index (Phi) is 5.46. The summed E-state index contributed by atoms with van der Waals surface area (Å²) in [6.07, 6.45) is 6.19. The summed E-state index contributed by atoms with van der Waals surface area (Å²) >= 11 is 0. The van der Waals surface area contributed by atoms with Gasteiger partial charge in [0.05, 0.1) is 5.69 Å². The summed E-state index contributed by atoms with van der Waals surface area (Å²) in [7, 11) is 0. The molecule has 4 heterocycles. The van der Waals surface area contributed by atoms with E-state index >= 15 is 0 Å². The number of carbonyl (C=O) groups excluding carboxylic acids is 1. The lowest BCUT2D eigenvalue weighted by molar-refractivity contribution is 0.0743. The summed E-state index contributed by atoms with van der Waals surface area (Å²) in [5.41, 5.74) is -1.47. The van der Waals surface area contributed by atoms with E-state index in [0.29, 0.717) is 37.8 Å². The second-order valence-electron chi connectivity index (χ2n) is 7.62. The molecule has 5 rings (SSSR count). The molecule has 0 radical (unpaired) electrons. The Morgan fingerprint density at radius 2 is 1.65 bits per heavy atom. The number of amides is 1. The smallest absolute Gasteiger partial charge is 0.333 e. The number of aromatic nitrogens is 6. The first-order valence-electron chi connectivity index (χ1n) is 10.5. The third-order valence-electron chi connectivity index (χ3n) is 5.59. The van der Waals surface area contributed by atoms with Crippen molar-refractivity contribution in [3.05, 3.63) is 93.5 Å². The van der Waals surface area contributed by atoms with Gasteiger partial charge in [0.1, 0.15) is 17.7 Å². The second-order valence-corrected chi connectivity index (χ2v) is 7.62. The second kappa shape index (κ2) is 8.73. The molecule has 172 valence electrons. The number of H-pyrrole nitrogens is 1. The number of aromatic amines is 1. The van der Waals surface area contributed by atoms with E-state index < -0.39 is 23.0 Å². The van der Waals surface area contributed by atoms with Crippen LogP contribution in [0.15, 0.2) is 70.9 Å². The first kappa shape index (κ1) is 21.2. The molecule has 34 heavy (non-hydrogen) atoms. The topological polar surface area (TPSA) is 122 Å². The van der Waals surface area contributed by atoms with Crippen LogP contribution in [0.5, 0.6) is 0 Å². The SMILES string of the molecule is O=C(c1c[nH]c(=O)n(-c2ccc(F)cc2)c1=O)N1CCN(c2ccc(-n3ccnc3)nn2)CC1. The van der Waals surface area contributed by atoms with Gasteiger partial charge < -0.3 is 14.8 Å². The van der Waals surface area contributed by atoms with Gasteiger partial charge in [-0.3, -0.25) is 14.2 Å². The number of halogens is 1. The molecule has 1 amide bonds. The molecule has 0 atom stereocenters. The number of carbonyl (C=O) groups is 1. The molecule has 1 aliphatic rings. The number of nitrogens with zero attached hydrogens (tertiary/aromatic N) is 7. The molecule has 0 spiro atoms. The van der Waals surface area contributed by atoms with Crippen LogP contribution in [0.3, 0.4) is 0 Å². The van der Waals surface area contributed by atoms with Crippen molar-refractivity contribution in [2.45, 2.75) is 0 Å². The minimum absolute atomic E-state index is 0.165. The zero-order valence-corrected chi connectivity index (χ0v) is 17.8. The van der Waals surface area contributed by atoms with Gasteiger partial charge in [0, 0.05) is 44.8 Å². The van der Waals surface area contributed by atoms with Crippen LogP contribution in [0, 0.1) is 5.82 Å². The number of piperazine rings is 1. The summed E-state index contributed by atoms with van der Waals surface area (Å²) in [5, 5.41) is 8.48.